The topological polar surface area (TPSA) is 96.0 Å². The molecule has 3 rings (SSSR count). The molecule has 1 atom stereocenters. The maximum absolute atomic E-state index is 13.8. The molecular weight excluding hydrogens is 550 g/mol. The van der Waals surface area contributed by atoms with Crippen molar-refractivity contribution < 1.29 is 22.7 Å². The van der Waals surface area contributed by atoms with Crippen LogP contribution in [0, 0.1) is 0 Å². The van der Waals surface area contributed by atoms with Crippen LogP contribution in [0.25, 0.3) is 0 Å². The standard InChI is InChI=1S/C30H36ClN3O5S/c1-5-28(30(36)32-22(2)3)33(19-24-13-9-10-14-27(24)31)29(35)20-34(40(4,37)38)25-15-17-26(18-16-25)39-21-23-11-7-6-8-12-23/h6-18,22,28H,5,19-21H2,1-4H3,(H,32,36)/t28-/m1/s1. The fraction of sp³-hybridized carbons (Fsp3) is 0.333. The zero-order valence-corrected chi connectivity index (χ0v) is 24.8. The average Bonchev–Trinajstić information content (AvgIpc) is 2.91. The van der Waals surface area contributed by atoms with Gasteiger partial charge in [-0.3, -0.25) is 13.9 Å². The number of rotatable bonds is 13. The predicted molar refractivity (Wildman–Crippen MR) is 159 cm³/mol. The Hall–Kier alpha value is -3.56. The summed E-state index contributed by atoms with van der Waals surface area (Å²) < 4.78 is 32.5. The van der Waals surface area contributed by atoms with E-state index in [-0.39, 0.29) is 18.5 Å². The van der Waals surface area contributed by atoms with Gasteiger partial charge in [0.15, 0.2) is 0 Å². The highest BCUT2D eigenvalue weighted by molar-refractivity contribution is 7.92. The molecule has 0 heterocycles. The molecule has 0 radical (unpaired) electrons. The van der Waals surface area contributed by atoms with Gasteiger partial charge in [0.25, 0.3) is 0 Å². The van der Waals surface area contributed by atoms with Gasteiger partial charge in [-0.25, -0.2) is 8.42 Å². The number of anilines is 1. The Kier molecular flexibility index (Phi) is 11.0. The lowest BCUT2D eigenvalue weighted by atomic mass is 10.1. The van der Waals surface area contributed by atoms with Gasteiger partial charge in [-0.1, -0.05) is 67.1 Å². The van der Waals surface area contributed by atoms with Crippen molar-refractivity contribution in [2.75, 3.05) is 17.1 Å². The highest BCUT2D eigenvalue weighted by Gasteiger charge is 2.32. The number of hydrogen-bond donors (Lipinski definition) is 1. The van der Waals surface area contributed by atoms with Gasteiger partial charge in [0.05, 0.1) is 11.9 Å². The molecule has 0 spiro atoms. The van der Waals surface area contributed by atoms with Gasteiger partial charge in [0.2, 0.25) is 21.8 Å². The van der Waals surface area contributed by atoms with Gasteiger partial charge in [-0.15, -0.1) is 0 Å². The van der Waals surface area contributed by atoms with Gasteiger partial charge >= 0.3 is 0 Å². The lowest BCUT2D eigenvalue weighted by molar-refractivity contribution is -0.140. The van der Waals surface area contributed by atoms with Crippen molar-refractivity contribution >= 4 is 39.1 Å². The fourth-order valence-corrected chi connectivity index (χ4v) is 5.22. The van der Waals surface area contributed by atoms with Crippen molar-refractivity contribution in [2.24, 2.45) is 0 Å². The highest BCUT2D eigenvalue weighted by Crippen LogP contribution is 2.24. The molecular formula is C30H36ClN3O5S. The summed E-state index contributed by atoms with van der Waals surface area (Å²) in [6.07, 6.45) is 1.38. The van der Waals surface area contributed by atoms with Crippen LogP contribution in [0.4, 0.5) is 5.69 Å². The molecule has 0 aromatic heterocycles. The van der Waals surface area contributed by atoms with Crippen LogP contribution in [0.3, 0.4) is 0 Å². The van der Waals surface area contributed by atoms with E-state index in [0.29, 0.717) is 35.1 Å². The molecule has 0 bridgehead atoms. The van der Waals surface area contributed by atoms with E-state index >= 15 is 0 Å². The molecule has 1 N–H and O–H groups in total. The van der Waals surface area contributed by atoms with Gasteiger partial charge in [0, 0.05) is 17.6 Å². The molecule has 0 saturated heterocycles. The number of sulfonamides is 1. The number of benzene rings is 3. The first-order valence-corrected chi connectivity index (χ1v) is 15.3. The summed E-state index contributed by atoms with van der Waals surface area (Å²) in [5.41, 5.74) is 1.96. The summed E-state index contributed by atoms with van der Waals surface area (Å²) in [6.45, 7) is 5.40. The maximum atomic E-state index is 13.8. The van der Waals surface area contributed by atoms with Crippen LogP contribution in [0.1, 0.15) is 38.3 Å². The maximum Gasteiger partial charge on any atom is 0.244 e. The molecule has 214 valence electrons. The molecule has 8 nitrogen and oxygen atoms in total. The van der Waals surface area contributed by atoms with Crippen molar-refractivity contribution in [1.29, 1.82) is 0 Å². The van der Waals surface area contributed by atoms with Gasteiger partial charge in [-0.05, 0) is 61.7 Å². The Morgan fingerprint density at radius 1 is 0.950 bits per heavy atom. The third kappa shape index (κ3) is 8.72. The largest absolute Gasteiger partial charge is 0.489 e. The second-order valence-corrected chi connectivity index (χ2v) is 12.1. The number of hydrogen-bond acceptors (Lipinski definition) is 5. The van der Waals surface area contributed by atoms with E-state index in [1.165, 1.54) is 4.90 Å². The molecule has 0 unspecified atom stereocenters. The van der Waals surface area contributed by atoms with E-state index in [4.69, 9.17) is 16.3 Å². The Morgan fingerprint density at radius 2 is 1.57 bits per heavy atom. The summed E-state index contributed by atoms with van der Waals surface area (Å²) >= 11 is 6.38. The van der Waals surface area contributed by atoms with Crippen molar-refractivity contribution in [3.8, 4) is 5.75 Å². The minimum atomic E-state index is -3.85. The van der Waals surface area contributed by atoms with Crippen molar-refractivity contribution in [3.05, 3.63) is 95.0 Å². The molecule has 3 aromatic rings. The smallest absolute Gasteiger partial charge is 0.244 e. The summed E-state index contributed by atoms with van der Waals surface area (Å²) in [6, 6.07) is 22.3. The molecule has 0 aliphatic heterocycles. The zero-order chi connectivity index (χ0) is 29.3. The minimum absolute atomic E-state index is 0.0480. The number of carbonyl (C=O) groups is 2. The molecule has 10 heteroatoms. The lowest BCUT2D eigenvalue weighted by Crippen LogP contribution is -2.53. The zero-order valence-electron chi connectivity index (χ0n) is 23.2. The molecule has 0 saturated carbocycles. The monoisotopic (exact) mass is 585 g/mol. The first-order chi connectivity index (χ1) is 19.0. The second-order valence-electron chi connectivity index (χ2n) is 9.74. The Bertz CT molecular complexity index is 1380. The van der Waals surface area contributed by atoms with Gasteiger partial charge in [-0.2, -0.15) is 0 Å². The number of halogens is 1. The minimum Gasteiger partial charge on any atom is -0.489 e. The van der Waals surface area contributed by atoms with Crippen molar-refractivity contribution in [1.82, 2.24) is 10.2 Å². The normalized spacial score (nSPS) is 12.1. The first kappa shape index (κ1) is 31.0. The third-order valence-corrected chi connectivity index (χ3v) is 7.68. The van der Waals surface area contributed by atoms with Crippen LogP contribution in [-0.4, -0.2) is 50.0 Å². The van der Waals surface area contributed by atoms with Crippen LogP contribution < -0.4 is 14.4 Å². The predicted octanol–water partition coefficient (Wildman–Crippen LogP) is 5.02. The quantitative estimate of drug-likeness (QED) is 0.304. The Morgan fingerprint density at radius 3 is 2.15 bits per heavy atom. The van der Waals surface area contributed by atoms with E-state index in [1.54, 1.807) is 55.5 Å². The van der Waals surface area contributed by atoms with Gasteiger partial charge < -0.3 is 15.0 Å². The van der Waals surface area contributed by atoms with E-state index in [2.05, 4.69) is 5.32 Å². The summed E-state index contributed by atoms with van der Waals surface area (Å²) in [7, 11) is -3.85. The fourth-order valence-electron chi connectivity index (χ4n) is 4.17. The Balaban J connectivity index is 1.86. The van der Waals surface area contributed by atoms with Crippen LogP contribution in [0.15, 0.2) is 78.9 Å². The molecule has 0 fully saturated rings. The van der Waals surface area contributed by atoms with Crippen LogP contribution >= 0.6 is 11.6 Å². The molecule has 0 aliphatic rings. The van der Waals surface area contributed by atoms with Gasteiger partial charge in [0.1, 0.15) is 24.9 Å². The Labute approximate surface area is 241 Å². The number of ether oxygens (including phenoxy) is 1. The molecule has 40 heavy (non-hydrogen) atoms. The van der Waals surface area contributed by atoms with E-state index in [1.807, 2.05) is 44.2 Å². The third-order valence-electron chi connectivity index (χ3n) is 6.17. The average molecular weight is 586 g/mol. The molecule has 3 aromatic carbocycles. The van der Waals surface area contributed by atoms with Crippen LogP contribution in [0.2, 0.25) is 5.02 Å². The summed E-state index contributed by atoms with van der Waals surface area (Å²) in [4.78, 5) is 28.3. The summed E-state index contributed by atoms with van der Waals surface area (Å²) in [5.74, 6) is -0.284. The number of nitrogens with zero attached hydrogens (tertiary/aromatic N) is 2. The molecule has 2 amide bonds. The van der Waals surface area contributed by atoms with Crippen LogP contribution in [-0.2, 0) is 32.8 Å². The van der Waals surface area contributed by atoms with E-state index in [0.717, 1.165) is 16.1 Å². The number of amides is 2. The van der Waals surface area contributed by atoms with Crippen LogP contribution in [0.5, 0.6) is 5.75 Å². The second kappa shape index (κ2) is 14.2. The van der Waals surface area contributed by atoms with E-state index < -0.39 is 28.5 Å². The number of carbonyl (C=O) groups excluding carboxylic acids is 2. The van der Waals surface area contributed by atoms with Crippen molar-refractivity contribution in [3.63, 3.8) is 0 Å². The highest BCUT2D eigenvalue weighted by atomic mass is 35.5. The molecule has 0 aliphatic carbocycles. The van der Waals surface area contributed by atoms with Crippen molar-refractivity contribution in [2.45, 2.75) is 52.4 Å². The lowest BCUT2D eigenvalue weighted by Gasteiger charge is -2.33. The first-order valence-electron chi connectivity index (χ1n) is 13.1. The number of nitrogens with one attached hydrogen (secondary N) is 1. The summed E-state index contributed by atoms with van der Waals surface area (Å²) in [5, 5.41) is 3.31. The SMILES string of the molecule is CC[C@H](C(=O)NC(C)C)N(Cc1ccccc1Cl)C(=O)CN(c1ccc(OCc2ccccc2)cc1)S(C)(=O)=O. The van der Waals surface area contributed by atoms with E-state index in [9.17, 15) is 18.0 Å².